The van der Waals surface area contributed by atoms with Crippen molar-refractivity contribution in [2.75, 3.05) is 26.7 Å². The molecule has 37 heavy (non-hydrogen) atoms. The number of ether oxygens (including phenoxy) is 1. The number of benzene rings is 2. The van der Waals surface area contributed by atoms with Crippen LogP contribution in [0.3, 0.4) is 0 Å². The van der Waals surface area contributed by atoms with Gasteiger partial charge in [-0.25, -0.2) is 0 Å². The van der Waals surface area contributed by atoms with Crippen molar-refractivity contribution in [1.29, 1.82) is 5.41 Å². The smallest absolute Gasteiger partial charge is 0.319 e. The van der Waals surface area contributed by atoms with E-state index in [0.717, 1.165) is 11.1 Å². The van der Waals surface area contributed by atoms with Crippen LogP contribution in [0.25, 0.3) is 0 Å². The Morgan fingerprint density at radius 1 is 0.946 bits per heavy atom. The van der Waals surface area contributed by atoms with Crippen molar-refractivity contribution in [1.82, 2.24) is 20.9 Å². The molecule has 0 spiro atoms. The minimum absolute atomic E-state index is 0.0305. The van der Waals surface area contributed by atoms with Gasteiger partial charge in [0.15, 0.2) is 5.96 Å². The summed E-state index contributed by atoms with van der Waals surface area (Å²) in [7, 11) is 1.29. The number of nitrogens with zero attached hydrogens (tertiary/aromatic N) is 1. The highest BCUT2D eigenvalue weighted by Gasteiger charge is 2.29. The van der Waals surface area contributed by atoms with Gasteiger partial charge in [0.2, 0.25) is 11.8 Å². The molecule has 3 rings (SSSR count). The van der Waals surface area contributed by atoms with E-state index in [1.165, 1.54) is 7.11 Å². The molecule has 2 aromatic carbocycles. The predicted octanol–water partition coefficient (Wildman–Crippen LogP) is 0.562. The Kier molecular flexibility index (Phi) is 10.5. The number of hydrogen-bond acceptors (Lipinski definition) is 6. The van der Waals surface area contributed by atoms with Crippen molar-refractivity contribution in [3.63, 3.8) is 0 Å². The quantitative estimate of drug-likeness (QED) is 0.169. The summed E-state index contributed by atoms with van der Waals surface area (Å²) in [5.74, 6) is -1.11. The molecule has 0 unspecified atom stereocenters. The molecule has 0 bridgehead atoms. The first-order valence-electron chi connectivity index (χ1n) is 12.4. The number of piperidine rings is 1. The van der Waals surface area contributed by atoms with Gasteiger partial charge in [-0.05, 0) is 30.4 Å². The molecule has 0 aliphatic carbocycles. The van der Waals surface area contributed by atoms with E-state index in [9.17, 15) is 14.4 Å². The second-order valence-electron chi connectivity index (χ2n) is 9.11. The Balaban J connectivity index is 1.71. The van der Waals surface area contributed by atoms with Crippen molar-refractivity contribution in [2.24, 2.45) is 5.73 Å². The molecule has 10 nitrogen and oxygen atoms in total. The van der Waals surface area contributed by atoms with Crippen molar-refractivity contribution < 1.29 is 19.1 Å². The summed E-state index contributed by atoms with van der Waals surface area (Å²) >= 11 is 0. The summed E-state index contributed by atoms with van der Waals surface area (Å²) < 4.78 is 4.71. The first-order chi connectivity index (χ1) is 17.9. The molecule has 2 amide bonds. The molecule has 198 valence electrons. The molecule has 10 heteroatoms. The molecule has 0 saturated carbocycles. The van der Waals surface area contributed by atoms with Crippen LogP contribution in [0.4, 0.5) is 0 Å². The summed E-state index contributed by atoms with van der Waals surface area (Å²) in [6, 6.07) is 17.3. The molecule has 2 aromatic rings. The van der Waals surface area contributed by atoms with Gasteiger partial charge in [0.05, 0.1) is 19.7 Å². The Morgan fingerprint density at radius 3 is 2.00 bits per heavy atom. The van der Waals surface area contributed by atoms with Crippen LogP contribution in [0.2, 0.25) is 0 Å². The molecule has 1 saturated heterocycles. The fourth-order valence-corrected chi connectivity index (χ4v) is 4.28. The zero-order valence-electron chi connectivity index (χ0n) is 21.1. The van der Waals surface area contributed by atoms with Crippen LogP contribution in [-0.4, -0.2) is 73.5 Å². The van der Waals surface area contributed by atoms with Gasteiger partial charge < -0.3 is 26.0 Å². The van der Waals surface area contributed by atoms with Gasteiger partial charge in [-0.15, -0.1) is 0 Å². The summed E-state index contributed by atoms with van der Waals surface area (Å²) in [6.45, 7) is 1.05. The maximum absolute atomic E-state index is 13.4. The largest absolute Gasteiger partial charge is 0.468 e. The number of nitrogens with two attached hydrogens (primary N) is 1. The van der Waals surface area contributed by atoms with E-state index in [1.54, 1.807) is 4.90 Å². The molecule has 6 N–H and O–H groups in total. The molecular formula is C27H36N6O4. The monoisotopic (exact) mass is 508 g/mol. The van der Waals surface area contributed by atoms with E-state index < -0.39 is 18.1 Å². The molecule has 1 aliphatic heterocycles. The Bertz CT molecular complexity index is 1040. The lowest BCUT2D eigenvalue weighted by Gasteiger charge is -2.33. The molecule has 1 heterocycles. The van der Waals surface area contributed by atoms with Crippen LogP contribution in [0.5, 0.6) is 0 Å². The Labute approximate surface area is 217 Å². The van der Waals surface area contributed by atoms with Crippen molar-refractivity contribution in [3.05, 3.63) is 71.8 Å². The van der Waals surface area contributed by atoms with Crippen LogP contribution >= 0.6 is 0 Å². The highest BCUT2D eigenvalue weighted by atomic mass is 16.5. The second kappa shape index (κ2) is 14.0. The second-order valence-corrected chi connectivity index (χ2v) is 9.11. The third kappa shape index (κ3) is 8.91. The van der Waals surface area contributed by atoms with Crippen LogP contribution in [-0.2, 0) is 32.0 Å². The van der Waals surface area contributed by atoms with Gasteiger partial charge in [0, 0.05) is 25.6 Å². The number of amides is 2. The average Bonchev–Trinajstić information content (AvgIpc) is 2.91. The van der Waals surface area contributed by atoms with E-state index in [2.05, 4.69) is 16.0 Å². The van der Waals surface area contributed by atoms with Crippen LogP contribution in [0, 0.1) is 5.41 Å². The average molecular weight is 509 g/mol. The lowest BCUT2D eigenvalue weighted by Crippen LogP contribution is -2.57. The number of esters is 1. The number of rotatable bonds is 11. The van der Waals surface area contributed by atoms with Crippen molar-refractivity contribution >= 4 is 23.7 Å². The van der Waals surface area contributed by atoms with Gasteiger partial charge in [-0.2, -0.15) is 0 Å². The van der Waals surface area contributed by atoms with Crippen molar-refractivity contribution in [3.8, 4) is 0 Å². The number of methoxy groups -OCH3 is 1. The fraction of sp³-hybridized carbons (Fsp3) is 0.407. The predicted molar refractivity (Wildman–Crippen MR) is 141 cm³/mol. The maximum Gasteiger partial charge on any atom is 0.319 e. The third-order valence-electron chi connectivity index (χ3n) is 6.42. The van der Waals surface area contributed by atoms with E-state index in [0.29, 0.717) is 38.8 Å². The number of likely N-dealkylation sites (tertiary alicyclic amines) is 1. The third-order valence-corrected chi connectivity index (χ3v) is 6.42. The minimum atomic E-state index is -0.807. The van der Waals surface area contributed by atoms with E-state index in [1.807, 2.05) is 60.7 Å². The van der Waals surface area contributed by atoms with Gasteiger partial charge in [0.25, 0.3) is 0 Å². The van der Waals surface area contributed by atoms with E-state index in [-0.39, 0.29) is 30.4 Å². The fourth-order valence-electron chi connectivity index (χ4n) is 4.28. The molecule has 0 aromatic heterocycles. The van der Waals surface area contributed by atoms with E-state index in [4.69, 9.17) is 15.9 Å². The Hall–Kier alpha value is -3.92. The normalized spacial score (nSPS) is 15.3. The van der Waals surface area contributed by atoms with Gasteiger partial charge >= 0.3 is 5.97 Å². The molecule has 1 fully saturated rings. The first-order valence-corrected chi connectivity index (χ1v) is 12.4. The number of guanidine groups is 1. The van der Waals surface area contributed by atoms with Crippen LogP contribution in [0.15, 0.2) is 60.7 Å². The standard InChI is InChI=1S/C27H36N6O4/c1-37-24(34)18-30-22(16-19-8-4-2-5-9-19)25(35)32-23(17-20-10-6-3-7-11-20)26(36)31-21-12-14-33(15-13-21)27(28)29/h2-11,21-23,30H,12-18H2,1H3,(H3,28,29)(H,31,36)(H,32,35)/t22-,23+/m1/s1. The molecule has 2 atom stereocenters. The van der Waals surface area contributed by atoms with Gasteiger partial charge in [0.1, 0.15) is 6.04 Å². The SMILES string of the molecule is COC(=O)CN[C@H](Cc1ccccc1)C(=O)N[C@@H](Cc1ccccc1)C(=O)NC1CCN(C(=N)N)CC1. The maximum atomic E-state index is 13.4. The topological polar surface area (TPSA) is 150 Å². The van der Waals surface area contributed by atoms with Crippen LogP contribution in [0.1, 0.15) is 24.0 Å². The number of carbonyl (C=O) groups is 3. The number of carbonyl (C=O) groups excluding carboxylic acids is 3. The summed E-state index contributed by atoms with van der Waals surface area (Å²) in [6.07, 6.45) is 1.98. The summed E-state index contributed by atoms with van der Waals surface area (Å²) in [5, 5.41) is 16.5. The Morgan fingerprint density at radius 2 is 1.49 bits per heavy atom. The highest BCUT2D eigenvalue weighted by molar-refractivity contribution is 5.90. The zero-order chi connectivity index (χ0) is 26.6. The number of nitrogens with one attached hydrogen (secondary N) is 4. The van der Waals surface area contributed by atoms with Crippen molar-refractivity contribution in [2.45, 2.75) is 43.8 Å². The van der Waals surface area contributed by atoms with Crippen LogP contribution < -0.4 is 21.7 Å². The summed E-state index contributed by atoms with van der Waals surface area (Å²) in [4.78, 5) is 40.3. The first kappa shape index (κ1) is 27.7. The zero-order valence-corrected chi connectivity index (χ0v) is 21.1. The molecular weight excluding hydrogens is 472 g/mol. The number of hydrogen-bond donors (Lipinski definition) is 5. The molecule has 0 radical (unpaired) electrons. The lowest BCUT2D eigenvalue weighted by atomic mass is 10.0. The summed E-state index contributed by atoms with van der Waals surface area (Å²) in [5.41, 5.74) is 7.41. The van der Waals surface area contributed by atoms with Gasteiger partial charge in [-0.3, -0.25) is 25.1 Å². The lowest BCUT2D eigenvalue weighted by molar-refractivity contribution is -0.140. The minimum Gasteiger partial charge on any atom is -0.468 e. The van der Waals surface area contributed by atoms with E-state index >= 15 is 0 Å². The molecule has 1 aliphatic rings. The van der Waals surface area contributed by atoms with Gasteiger partial charge in [-0.1, -0.05) is 60.7 Å². The highest BCUT2D eigenvalue weighted by Crippen LogP contribution is 2.12.